The van der Waals surface area contributed by atoms with Crippen molar-refractivity contribution in [3.63, 3.8) is 0 Å². The quantitative estimate of drug-likeness (QED) is 0.853. The molecule has 0 fully saturated rings. The van der Waals surface area contributed by atoms with Gasteiger partial charge in [-0.1, -0.05) is 11.6 Å². The Morgan fingerprint density at radius 3 is 2.57 bits per heavy atom. The Kier molecular flexibility index (Phi) is 5.28. The maximum atomic E-state index is 12.0. The summed E-state index contributed by atoms with van der Waals surface area (Å²) >= 11 is 6.12. The van der Waals surface area contributed by atoms with Crippen molar-refractivity contribution in [3.05, 3.63) is 40.7 Å². The molecule has 0 radical (unpaired) electrons. The zero-order valence-electron chi connectivity index (χ0n) is 13.4. The number of ether oxygens (including phenoxy) is 2. The van der Waals surface area contributed by atoms with E-state index in [0.717, 1.165) is 11.3 Å². The number of halogens is 1. The van der Waals surface area contributed by atoms with Crippen LogP contribution >= 0.6 is 11.6 Å². The van der Waals surface area contributed by atoms with Gasteiger partial charge in [0.15, 0.2) is 11.5 Å². The average Bonchev–Trinajstić information content (AvgIpc) is 2.78. The molecule has 0 spiro atoms. The number of methoxy groups -OCH3 is 2. The summed E-state index contributed by atoms with van der Waals surface area (Å²) in [5.41, 5.74) is 2.08. The smallest absolute Gasteiger partial charge is 0.248 e. The van der Waals surface area contributed by atoms with Gasteiger partial charge in [-0.3, -0.25) is 9.48 Å². The Morgan fingerprint density at radius 2 is 2.00 bits per heavy atom. The molecular formula is C16H18ClN3O3. The van der Waals surface area contributed by atoms with Crippen LogP contribution in [0.15, 0.2) is 24.3 Å². The van der Waals surface area contributed by atoms with E-state index in [1.165, 1.54) is 13.2 Å². The number of benzene rings is 1. The number of hydrogen-bond acceptors (Lipinski definition) is 4. The van der Waals surface area contributed by atoms with Crippen LogP contribution < -0.4 is 14.8 Å². The van der Waals surface area contributed by atoms with E-state index in [0.29, 0.717) is 22.3 Å². The van der Waals surface area contributed by atoms with E-state index in [-0.39, 0.29) is 5.91 Å². The number of carbonyl (C=O) groups is 1. The van der Waals surface area contributed by atoms with Crippen molar-refractivity contribution in [3.8, 4) is 11.5 Å². The largest absolute Gasteiger partial charge is 0.493 e. The van der Waals surface area contributed by atoms with E-state index < -0.39 is 0 Å². The van der Waals surface area contributed by atoms with Crippen LogP contribution in [0.4, 0.5) is 5.69 Å². The molecule has 1 heterocycles. The van der Waals surface area contributed by atoms with E-state index in [4.69, 9.17) is 21.1 Å². The van der Waals surface area contributed by atoms with Crippen LogP contribution in [-0.2, 0) is 11.8 Å². The molecule has 2 aromatic rings. The summed E-state index contributed by atoms with van der Waals surface area (Å²) in [6.45, 7) is 1.83. The Hall–Kier alpha value is -2.47. The van der Waals surface area contributed by atoms with Crippen molar-refractivity contribution >= 4 is 29.3 Å². The SMILES string of the molecule is COc1ccc(NC(=O)/C=C/c2c(C)nn(C)c2Cl)cc1OC. The van der Waals surface area contributed by atoms with E-state index in [1.54, 1.807) is 43.1 Å². The molecule has 1 aromatic heterocycles. The molecule has 0 unspecified atom stereocenters. The summed E-state index contributed by atoms with van der Waals surface area (Å²) in [6, 6.07) is 5.14. The molecule has 0 aliphatic carbocycles. The van der Waals surface area contributed by atoms with Gasteiger partial charge in [0.1, 0.15) is 5.15 Å². The van der Waals surface area contributed by atoms with Gasteiger partial charge in [0.2, 0.25) is 5.91 Å². The van der Waals surface area contributed by atoms with Gasteiger partial charge < -0.3 is 14.8 Å². The molecule has 7 heteroatoms. The lowest BCUT2D eigenvalue weighted by Gasteiger charge is -2.09. The summed E-state index contributed by atoms with van der Waals surface area (Å²) < 4.78 is 11.9. The lowest BCUT2D eigenvalue weighted by Crippen LogP contribution is -2.08. The van der Waals surface area contributed by atoms with Crippen molar-refractivity contribution in [2.24, 2.45) is 7.05 Å². The van der Waals surface area contributed by atoms with Gasteiger partial charge in [-0.2, -0.15) is 5.10 Å². The number of rotatable bonds is 5. The van der Waals surface area contributed by atoms with Gasteiger partial charge in [0.05, 0.1) is 19.9 Å². The molecule has 0 saturated carbocycles. The first kappa shape index (κ1) is 16.9. The monoisotopic (exact) mass is 335 g/mol. The Bertz CT molecular complexity index is 753. The normalized spacial score (nSPS) is 10.8. The van der Waals surface area contributed by atoms with Gasteiger partial charge in [0.25, 0.3) is 0 Å². The van der Waals surface area contributed by atoms with Crippen LogP contribution in [0, 0.1) is 6.92 Å². The summed E-state index contributed by atoms with van der Waals surface area (Å²) in [5, 5.41) is 7.42. The summed E-state index contributed by atoms with van der Waals surface area (Å²) in [4.78, 5) is 12.0. The molecule has 6 nitrogen and oxygen atoms in total. The molecule has 1 aromatic carbocycles. The van der Waals surface area contributed by atoms with Gasteiger partial charge in [0, 0.05) is 30.4 Å². The van der Waals surface area contributed by atoms with E-state index in [9.17, 15) is 4.79 Å². The fourth-order valence-corrected chi connectivity index (χ4v) is 2.33. The van der Waals surface area contributed by atoms with Crippen LogP contribution in [0.2, 0.25) is 5.15 Å². The summed E-state index contributed by atoms with van der Waals surface area (Å²) in [6.07, 6.45) is 3.05. The number of aryl methyl sites for hydroxylation is 2. The summed E-state index contributed by atoms with van der Waals surface area (Å²) in [5.74, 6) is 0.857. The van der Waals surface area contributed by atoms with Crippen molar-refractivity contribution in [2.75, 3.05) is 19.5 Å². The second kappa shape index (κ2) is 7.19. The second-order valence-electron chi connectivity index (χ2n) is 4.81. The van der Waals surface area contributed by atoms with Crippen molar-refractivity contribution in [2.45, 2.75) is 6.92 Å². The minimum Gasteiger partial charge on any atom is -0.493 e. The standard InChI is InChI=1S/C16H18ClN3O3/c1-10-12(16(17)20(2)19-10)6-8-15(21)18-11-5-7-13(22-3)14(9-11)23-4/h5-9H,1-4H3,(H,18,21)/b8-6+. The fraction of sp³-hybridized carbons (Fsp3) is 0.250. The second-order valence-corrected chi connectivity index (χ2v) is 5.16. The fourth-order valence-electron chi connectivity index (χ4n) is 2.09. The summed E-state index contributed by atoms with van der Waals surface area (Å²) in [7, 11) is 4.84. The van der Waals surface area contributed by atoms with Crippen LogP contribution in [0.1, 0.15) is 11.3 Å². The number of aromatic nitrogens is 2. The number of nitrogens with one attached hydrogen (secondary N) is 1. The molecule has 0 aliphatic heterocycles. The molecule has 0 atom stereocenters. The third-order valence-electron chi connectivity index (χ3n) is 3.25. The highest BCUT2D eigenvalue weighted by Crippen LogP contribution is 2.29. The molecule has 1 N–H and O–H groups in total. The number of carbonyl (C=O) groups excluding carboxylic acids is 1. The number of nitrogens with zero attached hydrogens (tertiary/aromatic N) is 2. The molecule has 0 aliphatic rings. The maximum absolute atomic E-state index is 12.0. The average molecular weight is 336 g/mol. The minimum absolute atomic E-state index is 0.281. The van der Waals surface area contributed by atoms with Crippen LogP contribution in [0.5, 0.6) is 11.5 Å². The molecule has 0 bridgehead atoms. The minimum atomic E-state index is -0.281. The van der Waals surface area contributed by atoms with Gasteiger partial charge in [-0.15, -0.1) is 0 Å². The molecule has 0 saturated heterocycles. The topological polar surface area (TPSA) is 65.4 Å². The van der Waals surface area contributed by atoms with E-state index >= 15 is 0 Å². The Balaban J connectivity index is 2.12. The first-order valence-corrected chi connectivity index (χ1v) is 7.24. The molecule has 122 valence electrons. The third kappa shape index (κ3) is 3.84. The first-order chi connectivity index (χ1) is 11.0. The maximum Gasteiger partial charge on any atom is 0.248 e. The Labute approximate surface area is 139 Å². The highest BCUT2D eigenvalue weighted by Gasteiger charge is 2.09. The lowest BCUT2D eigenvalue weighted by atomic mass is 10.2. The number of hydrogen-bond donors (Lipinski definition) is 1. The first-order valence-electron chi connectivity index (χ1n) is 6.86. The highest BCUT2D eigenvalue weighted by atomic mass is 35.5. The van der Waals surface area contributed by atoms with Crippen molar-refractivity contribution in [1.82, 2.24) is 9.78 Å². The van der Waals surface area contributed by atoms with Gasteiger partial charge in [-0.05, 0) is 25.1 Å². The van der Waals surface area contributed by atoms with Crippen molar-refractivity contribution in [1.29, 1.82) is 0 Å². The third-order valence-corrected chi connectivity index (χ3v) is 3.70. The zero-order chi connectivity index (χ0) is 17.0. The molecule has 23 heavy (non-hydrogen) atoms. The van der Waals surface area contributed by atoms with Crippen LogP contribution in [0.25, 0.3) is 6.08 Å². The van der Waals surface area contributed by atoms with Crippen LogP contribution in [0.3, 0.4) is 0 Å². The van der Waals surface area contributed by atoms with E-state index in [2.05, 4.69) is 10.4 Å². The van der Waals surface area contributed by atoms with Gasteiger partial charge >= 0.3 is 0 Å². The molecule has 2 rings (SSSR count). The lowest BCUT2D eigenvalue weighted by molar-refractivity contribution is -0.111. The molecule has 1 amide bonds. The van der Waals surface area contributed by atoms with Crippen molar-refractivity contribution < 1.29 is 14.3 Å². The predicted molar refractivity (Wildman–Crippen MR) is 90.2 cm³/mol. The van der Waals surface area contributed by atoms with Gasteiger partial charge in [-0.25, -0.2) is 0 Å². The zero-order valence-corrected chi connectivity index (χ0v) is 14.1. The number of anilines is 1. The molecular weight excluding hydrogens is 318 g/mol. The highest BCUT2D eigenvalue weighted by molar-refractivity contribution is 6.31. The predicted octanol–water partition coefficient (Wildman–Crippen LogP) is 3.05. The number of amides is 1. The van der Waals surface area contributed by atoms with E-state index in [1.807, 2.05) is 6.92 Å². The Morgan fingerprint density at radius 1 is 1.30 bits per heavy atom. The van der Waals surface area contributed by atoms with Crippen LogP contribution in [-0.4, -0.2) is 29.9 Å².